The highest BCUT2D eigenvalue weighted by atomic mass is 32.2. The van der Waals surface area contributed by atoms with Gasteiger partial charge in [0, 0.05) is 10.5 Å². The van der Waals surface area contributed by atoms with Crippen LogP contribution in [0.25, 0.3) is 0 Å². The Morgan fingerprint density at radius 1 is 0.696 bits per heavy atom. The van der Waals surface area contributed by atoms with Gasteiger partial charge in [0.25, 0.3) is 0 Å². The predicted octanol–water partition coefficient (Wildman–Crippen LogP) is 6.69. The molecule has 2 rings (SSSR count). The van der Waals surface area contributed by atoms with Crippen LogP contribution in [0.1, 0.15) is 90.9 Å². The Labute approximate surface area is 153 Å². The molecule has 4 atom stereocenters. The Kier molecular flexibility index (Phi) is 10.5. The highest BCUT2D eigenvalue weighted by Crippen LogP contribution is 2.39. The van der Waals surface area contributed by atoms with Crippen LogP contribution in [0.3, 0.4) is 0 Å². The molecule has 0 radical (unpaired) electrons. The molecule has 23 heavy (non-hydrogen) atoms. The van der Waals surface area contributed by atoms with Crippen molar-refractivity contribution < 1.29 is 4.74 Å². The lowest BCUT2D eigenvalue weighted by Crippen LogP contribution is -2.31. The van der Waals surface area contributed by atoms with E-state index in [4.69, 9.17) is 4.74 Å². The van der Waals surface area contributed by atoms with Crippen molar-refractivity contribution in [1.82, 2.24) is 0 Å². The number of thioether (sulfide) groups is 2. The summed E-state index contributed by atoms with van der Waals surface area (Å²) in [6.07, 6.45) is 17.6. The fourth-order valence-corrected chi connectivity index (χ4v) is 6.72. The zero-order valence-electron chi connectivity index (χ0n) is 15.4. The van der Waals surface area contributed by atoms with Crippen LogP contribution < -0.4 is 0 Å². The molecule has 0 aromatic carbocycles. The molecule has 4 unspecified atom stereocenters. The lowest BCUT2D eigenvalue weighted by atomic mass is 10.0. The molecule has 0 amide bonds. The maximum Gasteiger partial charge on any atom is 0.0705 e. The van der Waals surface area contributed by atoms with Crippen LogP contribution in [0.15, 0.2) is 0 Å². The molecule has 0 bridgehead atoms. The van der Waals surface area contributed by atoms with Crippen LogP contribution in [-0.4, -0.2) is 34.2 Å². The molecule has 2 heterocycles. The summed E-state index contributed by atoms with van der Waals surface area (Å²) in [5.41, 5.74) is 0. The maximum atomic E-state index is 6.67. The molecule has 2 aliphatic rings. The molecule has 0 aliphatic carbocycles. The minimum atomic E-state index is 0.559. The highest BCUT2D eigenvalue weighted by molar-refractivity contribution is 8.00. The number of hydrogen-bond donors (Lipinski definition) is 0. The summed E-state index contributed by atoms with van der Waals surface area (Å²) in [5.74, 6) is 2.65. The Bertz CT molecular complexity index is 269. The van der Waals surface area contributed by atoms with Gasteiger partial charge in [-0.05, 0) is 37.2 Å². The Morgan fingerprint density at radius 2 is 1.17 bits per heavy atom. The first-order valence-electron chi connectivity index (χ1n) is 10.2. The van der Waals surface area contributed by atoms with Gasteiger partial charge in [-0.25, -0.2) is 0 Å². The van der Waals surface area contributed by atoms with Gasteiger partial charge >= 0.3 is 0 Å². The lowest BCUT2D eigenvalue weighted by molar-refractivity contribution is -0.0112. The summed E-state index contributed by atoms with van der Waals surface area (Å²) in [7, 11) is 0. The van der Waals surface area contributed by atoms with Crippen LogP contribution >= 0.6 is 23.5 Å². The summed E-state index contributed by atoms with van der Waals surface area (Å²) < 4.78 is 6.67. The molecule has 0 saturated carbocycles. The fraction of sp³-hybridized carbons (Fsp3) is 1.00. The SMILES string of the molecule is CCCCCCC1SCCC1OC1CCSC1CCCCCC. The van der Waals surface area contributed by atoms with E-state index in [1.165, 1.54) is 88.6 Å². The van der Waals surface area contributed by atoms with E-state index in [2.05, 4.69) is 37.4 Å². The van der Waals surface area contributed by atoms with E-state index in [0.717, 1.165) is 10.5 Å². The molecule has 0 aromatic heterocycles. The molecule has 2 saturated heterocycles. The second-order valence-electron chi connectivity index (χ2n) is 7.31. The molecule has 0 aromatic rings. The summed E-state index contributed by atoms with van der Waals surface area (Å²) >= 11 is 4.37. The first kappa shape index (κ1) is 20.0. The van der Waals surface area contributed by atoms with Gasteiger partial charge in [-0.15, -0.1) is 0 Å². The third-order valence-corrected chi connectivity index (χ3v) is 8.21. The minimum Gasteiger partial charge on any atom is -0.373 e. The average molecular weight is 359 g/mol. The molecule has 0 N–H and O–H groups in total. The van der Waals surface area contributed by atoms with Crippen LogP contribution in [-0.2, 0) is 4.74 Å². The van der Waals surface area contributed by atoms with Crippen LogP contribution in [0.2, 0.25) is 0 Å². The van der Waals surface area contributed by atoms with Crippen molar-refractivity contribution in [1.29, 1.82) is 0 Å². The van der Waals surface area contributed by atoms with E-state index in [9.17, 15) is 0 Å². The van der Waals surface area contributed by atoms with E-state index >= 15 is 0 Å². The first-order chi connectivity index (χ1) is 11.3. The van der Waals surface area contributed by atoms with E-state index in [1.807, 2.05) is 0 Å². The molecule has 136 valence electrons. The van der Waals surface area contributed by atoms with Crippen molar-refractivity contribution >= 4 is 23.5 Å². The number of hydrogen-bond acceptors (Lipinski definition) is 3. The van der Waals surface area contributed by atoms with Gasteiger partial charge in [-0.2, -0.15) is 23.5 Å². The number of ether oxygens (including phenoxy) is 1. The number of rotatable bonds is 12. The summed E-state index contributed by atoms with van der Waals surface area (Å²) in [4.78, 5) is 0. The molecule has 2 aliphatic heterocycles. The highest BCUT2D eigenvalue weighted by Gasteiger charge is 2.35. The van der Waals surface area contributed by atoms with Gasteiger partial charge in [0.05, 0.1) is 12.2 Å². The van der Waals surface area contributed by atoms with Gasteiger partial charge in [-0.1, -0.05) is 65.2 Å². The standard InChI is InChI=1S/C20H38OS2/c1-3-5-7-9-11-19-17(13-15-22-19)21-18-14-16-23-20(18)12-10-8-6-4-2/h17-20H,3-16H2,1-2H3. The van der Waals surface area contributed by atoms with Crippen LogP contribution in [0, 0.1) is 0 Å². The minimum absolute atomic E-state index is 0.559. The topological polar surface area (TPSA) is 9.23 Å². The van der Waals surface area contributed by atoms with E-state index < -0.39 is 0 Å². The van der Waals surface area contributed by atoms with E-state index in [0.29, 0.717) is 12.2 Å². The second-order valence-corrected chi connectivity index (χ2v) is 10.0. The third-order valence-electron chi connectivity index (χ3n) is 5.33. The molecule has 0 spiro atoms. The zero-order valence-corrected chi connectivity index (χ0v) is 17.1. The van der Waals surface area contributed by atoms with Crippen LogP contribution in [0.5, 0.6) is 0 Å². The van der Waals surface area contributed by atoms with Crippen molar-refractivity contribution in [3.63, 3.8) is 0 Å². The number of unbranched alkanes of at least 4 members (excludes halogenated alkanes) is 6. The third kappa shape index (κ3) is 7.20. The summed E-state index contributed by atoms with van der Waals surface area (Å²) in [6.45, 7) is 4.60. The monoisotopic (exact) mass is 358 g/mol. The maximum absolute atomic E-state index is 6.67. The Hall–Kier alpha value is 0.660. The molecule has 3 heteroatoms. The van der Waals surface area contributed by atoms with Gasteiger partial charge in [0.2, 0.25) is 0 Å². The average Bonchev–Trinajstić information content (AvgIpc) is 3.18. The quantitative estimate of drug-likeness (QED) is 0.360. The zero-order chi connectivity index (χ0) is 16.3. The van der Waals surface area contributed by atoms with Gasteiger partial charge in [0.15, 0.2) is 0 Å². The van der Waals surface area contributed by atoms with Gasteiger partial charge in [0.1, 0.15) is 0 Å². The van der Waals surface area contributed by atoms with Gasteiger partial charge in [-0.3, -0.25) is 0 Å². The lowest BCUT2D eigenvalue weighted by Gasteiger charge is -2.27. The molecule has 2 fully saturated rings. The first-order valence-corrected chi connectivity index (χ1v) is 12.3. The Balaban J connectivity index is 1.68. The van der Waals surface area contributed by atoms with E-state index in [1.54, 1.807) is 0 Å². The normalized spacial score (nSPS) is 31.0. The summed E-state index contributed by atoms with van der Waals surface area (Å²) in [6, 6.07) is 0. The molecular formula is C20H38OS2. The van der Waals surface area contributed by atoms with Crippen molar-refractivity contribution in [3.8, 4) is 0 Å². The molecule has 1 nitrogen and oxygen atoms in total. The Morgan fingerprint density at radius 3 is 1.61 bits per heavy atom. The van der Waals surface area contributed by atoms with E-state index in [-0.39, 0.29) is 0 Å². The molecular weight excluding hydrogens is 320 g/mol. The largest absolute Gasteiger partial charge is 0.373 e. The van der Waals surface area contributed by atoms with Crippen molar-refractivity contribution in [2.45, 2.75) is 114 Å². The van der Waals surface area contributed by atoms with Crippen molar-refractivity contribution in [2.75, 3.05) is 11.5 Å². The van der Waals surface area contributed by atoms with Crippen molar-refractivity contribution in [3.05, 3.63) is 0 Å². The van der Waals surface area contributed by atoms with Gasteiger partial charge < -0.3 is 4.74 Å². The fourth-order valence-electron chi connectivity index (χ4n) is 3.88. The summed E-state index contributed by atoms with van der Waals surface area (Å²) in [5, 5.41) is 1.58. The smallest absolute Gasteiger partial charge is 0.0705 e. The predicted molar refractivity (Wildman–Crippen MR) is 108 cm³/mol. The van der Waals surface area contributed by atoms with Crippen LogP contribution in [0.4, 0.5) is 0 Å². The van der Waals surface area contributed by atoms with Crippen molar-refractivity contribution in [2.24, 2.45) is 0 Å². The second kappa shape index (κ2) is 12.1.